The van der Waals surface area contributed by atoms with E-state index < -0.39 is 0 Å². The lowest BCUT2D eigenvalue weighted by Gasteiger charge is -2.14. The van der Waals surface area contributed by atoms with Crippen molar-refractivity contribution in [1.82, 2.24) is 19.8 Å². The second-order valence-electron chi connectivity index (χ2n) is 5.93. The highest BCUT2D eigenvalue weighted by atomic mass is 32.1. The first-order valence-electron chi connectivity index (χ1n) is 7.75. The van der Waals surface area contributed by atoms with Gasteiger partial charge in [0.05, 0.1) is 11.8 Å². The van der Waals surface area contributed by atoms with Gasteiger partial charge in [-0.2, -0.15) is 4.52 Å². The molecule has 0 saturated heterocycles. The third kappa shape index (κ3) is 3.23. The van der Waals surface area contributed by atoms with Crippen LogP contribution in [0.2, 0.25) is 0 Å². The molecule has 0 atom stereocenters. The number of benzene rings is 1. The average molecular weight is 345 g/mol. The van der Waals surface area contributed by atoms with Gasteiger partial charge in [0.2, 0.25) is 9.97 Å². The molecule has 0 unspecified atom stereocenters. The molecule has 1 aromatic carbocycles. The monoisotopic (exact) mass is 345 g/mol. The number of hydrogen-bond acceptors (Lipinski definition) is 6. The molecule has 7 nitrogen and oxygen atoms in total. The van der Waals surface area contributed by atoms with Crippen LogP contribution in [0.5, 0.6) is 5.75 Å². The molecule has 0 fully saturated rings. The number of ether oxygens (including phenoxy) is 1. The van der Waals surface area contributed by atoms with Crippen LogP contribution in [-0.4, -0.2) is 31.8 Å². The van der Waals surface area contributed by atoms with Crippen LogP contribution in [0.1, 0.15) is 49.2 Å². The number of rotatable bonds is 5. The Kier molecular flexibility index (Phi) is 4.48. The van der Waals surface area contributed by atoms with E-state index in [2.05, 4.69) is 20.6 Å². The van der Waals surface area contributed by atoms with Crippen LogP contribution >= 0.6 is 11.3 Å². The Morgan fingerprint density at radius 1 is 1.21 bits per heavy atom. The highest BCUT2D eigenvalue weighted by molar-refractivity contribution is 7.18. The molecule has 2 heterocycles. The summed E-state index contributed by atoms with van der Waals surface area (Å²) in [6, 6.07) is 7.34. The number of anilines is 1. The predicted molar refractivity (Wildman–Crippen MR) is 92.9 cm³/mol. The zero-order valence-corrected chi connectivity index (χ0v) is 14.8. The highest BCUT2D eigenvalue weighted by Gasteiger charge is 2.19. The first-order valence-corrected chi connectivity index (χ1v) is 8.56. The first kappa shape index (κ1) is 16.4. The maximum Gasteiger partial charge on any atom is 0.286 e. The summed E-state index contributed by atoms with van der Waals surface area (Å²) < 4.78 is 7.34. The van der Waals surface area contributed by atoms with E-state index in [1.165, 1.54) is 11.3 Å². The van der Waals surface area contributed by atoms with Crippen molar-refractivity contribution < 1.29 is 9.53 Å². The molecule has 0 radical (unpaired) electrons. The number of carbonyl (C=O) groups is 1. The van der Waals surface area contributed by atoms with Gasteiger partial charge < -0.3 is 10.1 Å². The molecule has 0 aliphatic rings. The lowest BCUT2D eigenvalue weighted by atomic mass is 10.2. The van der Waals surface area contributed by atoms with E-state index in [9.17, 15) is 4.79 Å². The molecule has 126 valence electrons. The zero-order valence-electron chi connectivity index (χ0n) is 14.0. The minimum atomic E-state index is -0.292. The average Bonchev–Trinajstić information content (AvgIpc) is 3.08. The predicted octanol–water partition coefficient (Wildman–Crippen LogP) is 3.35. The minimum Gasteiger partial charge on any atom is -0.489 e. The van der Waals surface area contributed by atoms with Crippen molar-refractivity contribution in [2.75, 3.05) is 5.32 Å². The third-order valence-electron chi connectivity index (χ3n) is 3.22. The summed E-state index contributed by atoms with van der Waals surface area (Å²) >= 11 is 1.21. The van der Waals surface area contributed by atoms with Crippen molar-refractivity contribution in [1.29, 1.82) is 0 Å². The topological polar surface area (TPSA) is 81.4 Å². The molecular weight excluding hydrogens is 326 g/mol. The summed E-state index contributed by atoms with van der Waals surface area (Å²) in [6.07, 6.45) is 0.0193. The first-order chi connectivity index (χ1) is 11.5. The van der Waals surface area contributed by atoms with Gasteiger partial charge in [-0.1, -0.05) is 37.3 Å². The summed E-state index contributed by atoms with van der Waals surface area (Å²) in [5.74, 6) is 1.26. The van der Waals surface area contributed by atoms with E-state index in [-0.39, 0.29) is 17.9 Å². The quantitative estimate of drug-likeness (QED) is 0.767. The van der Waals surface area contributed by atoms with Crippen molar-refractivity contribution in [3.8, 4) is 5.75 Å². The molecule has 3 aromatic rings. The van der Waals surface area contributed by atoms with E-state index in [0.29, 0.717) is 21.4 Å². The van der Waals surface area contributed by atoms with Gasteiger partial charge >= 0.3 is 0 Å². The molecule has 1 N–H and O–H groups in total. The van der Waals surface area contributed by atoms with Gasteiger partial charge in [-0.15, -0.1) is 15.3 Å². The fraction of sp³-hybridized carbons (Fsp3) is 0.375. The Balaban J connectivity index is 1.85. The molecule has 2 aromatic heterocycles. The van der Waals surface area contributed by atoms with Gasteiger partial charge in [-0.25, -0.2) is 0 Å². The standard InChI is InChI=1S/C16H19N5O2S/c1-9(2)13-18-19-16-21(13)20-15(24-16)14(22)17-11-7-5-6-8-12(11)23-10(3)4/h5-10H,1-4H3,(H,17,22). The molecule has 0 aliphatic carbocycles. The number of nitrogens with one attached hydrogen (secondary N) is 1. The van der Waals surface area contributed by atoms with Gasteiger partial charge in [0.1, 0.15) is 5.75 Å². The Morgan fingerprint density at radius 3 is 2.67 bits per heavy atom. The summed E-state index contributed by atoms with van der Waals surface area (Å²) in [7, 11) is 0. The number of fused-ring (bicyclic) bond motifs is 1. The van der Waals surface area contributed by atoms with E-state index in [1.54, 1.807) is 10.6 Å². The highest BCUT2D eigenvalue weighted by Crippen LogP contribution is 2.26. The summed E-state index contributed by atoms with van der Waals surface area (Å²) in [6.45, 7) is 7.90. The molecule has 3 rings (SSSR count). The SMILES string of the molecule is CC(C)Oc1ccccc1NC(=O)c1nn2c(C(C)C)nnc2s1. The fourth-order valence-corrected chi connectivity index (χ4v) is 2.93. The van der Waals surface area contributed by atoms with Crippen molar-refractivity contribution >= 4 is 27.9 Å². The Bertz CT molecular complexity index is 868. The molecule has 24 heavy (non-hydrogen) atoms. The number of amides is 1. The van der Waals surface area contributed by atoms with Gasteiger partial charge in [-0.3, -0.25) is 4.79 Å². The van der Waals surface area contributed by atoms with Crippen LogP contribution in [0.4, 0.5) is 5.69 Å². The van der Waals surface area contributed by atoms with Crippen molar-refractivity contribution in [2.24, 2.45) is 0 Å². The maximum atomic E-state index is 12.5. The largest absolute Gasteiger partial charge is 0.489 e. The van der Waals surface area contributed by atoms with Crippen LogP contribution < -0.4 is 10.1 Å². The second-order valence-corrected chi connectivity index (χ2v) is 6.89. The van der Waals surface area contributed by atoms with E-state index in [4.69, 9.17) is 4.74 Å². The van der Waals surface area contributed by atoms with Crippen LogP contribution in [0.15, 0.2) is 24.3 Å². The number of aromatic nitrogens is 4. The molecule has 0 bridgehead atoms. The maximum absolute atomic E-state index is 12.5. The second kappa shape index (κ2) is 6.56. The zero-order chi connectivity index (χ0) is 17.3. The summed E-state index contributed by atoms with van der Waals surface area (Å²) in [4.78, 5) is 13.1. The van der Waals surface area contributed by atoms with Crippen molar-refractivity contribution in [3.63, 3.8) is 0 Å². The third-order valence-corrected chi connectivity index (χ3v) is 4.12. The molecule has 0 spiro atoms. The van der Waals surface area contributed by atoms with Crippen LogP contribution in [0.25, 0.3) is 4.96 Å². The van der Waals surface area contributed by atoms with E-state index in [0.717, 1.165) is 5.82 Å². The van der Waals surface area contributed by atoms with Gasteiger partial charge in [0.25, 0.3) is 5.91 Å². The molecule has 8 heteroatoms. The van der Waals surface area contributed by atoms with Crippen LogP contribution in [-0.2, 0) is 0 Å². The van der Waals surface area contributed by atoms with E-state index >= 15 is 0 Å². The fourth-order valence-electron chi connectivity index (χ4n) is 2.19. The van der Waals surface area contributed by atoms with Gasteiger partial charge in [0.15, 0.2) is 5.82 Å². The lowest BCUT2D eigenvalue weighted by molar-refractivity contribution is 0.102. The van der Waals surface area contributed by atoms with Crippen molar-refractivity contribution in [2.45, 2.75) is 39.7 Å². The molecule has 0 saturated carbocycles. The number of carbonyl (C=O) groups excluding carboxylic acids is 1. The Morgan fingerprint density at radius 2 is 1.96 bits per heavy atom. The van der Waals surface area contributed by atoms with Crippen LogP contribution in [0, 0.1) is 0 Å². The molecule has 1 amide bonds. The van der Waals surface area contributed by atoms with Crippen LogP contribution in [0.3, 0.4) is 0 Å². The number of nitrogens with zero attached hydrogens (tertiary/aromatic N) is 4. The number of para-hydroxylation sites is 2. The molecule has 0 aliphatic heterocycles. The number of hydrogen-bond donors (Lipinski definition) is 1. The van der Waals surface area contributed by atoms with Gasteiger partial charge in [0, 0.05) is 5.92 Å². The minimum absolute atomic E-state index is 0.0193. The Labute approximate surface area is 143 Å². The van der Waals surface area contributed by atoms with Crippen molar-refractivity contribution in [3.05, 3.63) is 35.1 Å². The Hall–Kier alpha value is -2.48. The van der Waals surface area contributed by atoms with E-state index in [1.807, 2.05) is 45.9 Å². The molecular formula is C16H19N5O2S. The van der Waals surface area contributed by atoms with Gasteiger partial charge in [-0.05, 0) is 26.0 Å². The lowest BCUT2D eigenvalue weighted by Crippen LogP contribution is -2.15. The summed E-state index contributed by atoms with van der Waals surface area (Å²) in [5.41, 5.74) is 0.617. The summed E-state index contributed by atoms with van der Waals surface area (Å²) in [5, 5.41) is 15.7. The normalized spacial score (nSPS) is 11.4. The smallest absolute Gasteiger partial charge is 0.286 e.